The van der Waals surface area contributed by atoms with Crippen LogP contribution in [0.4, 0.5) is 16.0 Å². The zero-order chi connectivity index (χ0) is 20.4. The van der Waals surface area contributed by atoms with Crippen LogP contribution >= 0.6 is 11.3 Å². The maximum Gasteiger partial charge on any atom is 0.272 e. The quantitative estimate of drug-likeness (QED) is 0.687. The molecule has 0 radical (unpaired) electrons. The van der Waals surface area contributed by atoms with Gasteiger partial charge in [-0.25, -0.2) is 9.37 Å². The highest BCUT2D eigenvalue weighted by molar-refractivity contribution is 7.17. The minimum absolute atomic E-state index is 0.101. The van der Waals surface area contributed by atoms with Crippen molar-refractivity contribution in [2.45, 2.75) is 39.2 Å². The first kappa shape index (κ1) is 19.6. The monoisotopic (exact) mass is 414 g/mol. The Bertz CT molecular complexity index is 1100. The molecule has 0 spiro atoms. The van der Waals surface area contributed by atoms with E-state index in [1.54, 1.807) is 17.6 Å². The lowest BCUT2D eigenvalue weighted by Crippen LogP contribution is -2.36. The van der Waals surface area contributed by atoms with Crippen LogP contribution in [0, 0.1) is 12.7 Å². The summed E-state index contributed by atoms with van der Waals surface area (Å²) in [6.07, 6.45) is 3.46. The molecule has 1 N–H and O–H groups in total. The second-order valence-electron chi connectivity index (χ2n) is 7.31. The Kier molecular flexibility index (Phi) is 5.62. The Morgan fingerprint density at radius 2 is 2.03 bits per heavy atom. The molecule has 1 fully saturated rings. The van der Waals surface area contributed by atoms with Crippen LogP contribution in [0.3, 0.4) is 0 Å². The maximum absolute atomic E-state index is 13.4. The molecule has 3 aromatic rings. The standard InChI is InChI=1S/C21H23FN4O2S/c1-14-13-15(5-6-16(14)22)23-18(27)7-11-26-20(28)19-17(8-12-29-19)24-21(26)25-9-3-2-4-10-25/h5-6,8,12-13H,2-4,7,9-11H2,1H3,(H,23,27). The summed E-state index contributed by atoms with van der Waals surface area (Å²) in [7, 11) is 0. The molecule has 2 aromatic heterocycles. The normalized spacial score (nSPS) is 14.3. The average Bonchev–Trinajstić information content (AvgIpc) is 3.20. The lowest BCUT2D eigenvalue weighted by molar-refractivity contribution is -0.116. The minimum atomic E-state index is -0.309. The van der Waals surface area contributed by atoms with Crippen molar-refractivity contribution in [3.63, 3.8) is 0 Å². The van der Waals surface area contributed by atoms with Crippen LogP contribution in [0.15, 0.2) is 34.4 Å². The molecule has 0 unspecified atom stereocenters. The van der Waals surface area contributed by atoms with Crippen molar-refractivity contribution in [3.8, 4) is 0 Å². The van der Waals surface area contributed by atoms with Gasteiger partial charge in [-0.1, -0.05) is 0 Å². The van der Waals surface area contributed by atoms with Crippen LogP contribution < -0.4 is 15.8 Å². The molecule has 1 aliphatic heterocycles. The topological polar surface area (TPSA) is 67.2 Å². The fraction of sp³-hybridized carbons (Fsp3) is 0.381. The van der Waals surface area contributed by atoms with E-state index in [0.717, 1.165) is 25.9 Å². The van der Waals surface area contributed by atoms with Crippen molar-refractivity contribution in [2.75, 3.05) is 23.3 Å². The van der Waals surface area contributed by atoms with Gasteiger partial charge in [0, 0.05) is 31.7 Å². The van der Waals surface area contributed by atoms with E-state index >= 15 is 0 Å². The van der Waals surface area contributed by atoms with Gasteiger partial charge in [-0.2, -0.15) is 0 Å². The van der Waals surface area contributed by atoms with E-state index in [4.69, 9.17) is 4.98 Å². The summed E-state index contributed by atoms with van der Waals surface area (Å²) < 4.78 is 15.6. The molecule has 8 heteroatoms. The molecule has 0 atom stereocenters. The highest BCUT2D eigenvalue weighted by atomic mass is 32.1. The third-order valence-electron chi connectivity index (χ3n) is 5.19. The number of aromatic nitrogens is 2. The zero-order valence-corrected chi connectivity index (χ0v) is 17.1. The Balaban J connectivity index is 1.56. The molecule has 0 bridgehead atoms. The molecular formula is C21H23FN4O2S. The van der Waals surface area contributed by atoms with Gasteiger partial charge >= 0.3 is 0 Å². The Morgan fingerprint density at radius 1 is 1.24 bits per heavy atom. The molecule has 1 saturated heterocycles. The lowest BCUT2D eigenvalue weighted by Gasteiger charge is -2.29. The fourth-order valence-electron chi connectivity index (χ4n) is 3.63. The number of anilines is 2. The predicted molar refractivity (Wildman–Crippen MR) is 114 cm³/mol. The molecule has 0 saturated carbocycles. The van der Waals surface area contributed by atoms with Crippen LogP contribution in [0.5, 0.6) is 0 Å². The van der Waals surface area contributed by atoms with E-state index in [2.05, 4.69) is 10.2 Å². The van der Waals surface area contributed by atoms with Gasteiger partial charge < -0.3 is 10.2 Å². The number of nitrogens with zero attached hydrogens (tertiary/aromatic N) is 3. The number of halogens is 1. The van der Waals surface area contributed by atoms with Crippen molar-refractivity contribution < 1.29 is 9.18 Å². The third kappa shape index (κ3) is 4.17. The van der Waals surface area contributed by atoms with Crippen molar-refractivity contribution in [3.05, 3.63) is 51.4 Å². The van der Waals surface area contributed by atoms with Gasteiger partial charge in [0.1, 0.15) is 10.5 Å². The van der Waals surface area contributed by atoms with Crippen LogP contribution in [0.25, 0.3) is 10.2 Å². The Labute approximate surface area is 172 Å². The largest absolute Gasteiger partial charge is 0.342 e. The number of carbonyl (C=O) groups excluding carboxylic acids is 1. The predicted octanol–water partition coefficient (Wildman–Crippen LogP) is 3.92. The second kappa shape index (κ2) is 8.32. The molecule has 0 aliphatic carbocycles. The van der Waals surface area contributed by atoms with Gasteiger partial charge in [0.2, 0.25) is 11.9 Å². The summed E-state index contributed by atoms with van der Waals surface area (Å²) in [6, 6.07) is 6.32. The van der Waals surface area contributed by atoms with E-state index in [-0.39, 0.29) is 30.2 Å². The first-order chi connectivity index (χ1) is 14.0. The van der Waals surface area contributed by atoms with Gasteiger partial charge in [-0.3, -0.25) is 14.2 Å². The van der Waals surface area contributed by atoms with Crippen molar-refractivity contribution in [1.29, 1.82) is 0 Å². The number of thiophene rings is 1. The number of aryl methyl sites for hydroxylation is 1. The second-order valence-corrected chi connectivity index (χ2v) is 8.23. The summed E-state index contributed by atoms with van der Waals surface area (Å²) in [5, 5.41) is 4.65. The number of carbonyl (C=O) groups is 1. The summed E-state index contributed by atoms with van der Waals surface area (Å²) in [6.45, 7) is 3.63. The van der Waals surface area contributed by atoms with Gasteiger partial charge in [0.05, 0.1) is 5.52 Å². The van der Waals surface area contributed by atoms with Crippen LogP contribution in [-0.2, 0) is 11.3 Å². The minimum Gasteiger partial charge on any atom is -0.342 e. The molecule has 152 valence electrons. The first-order valence-corrected chi connectivity index (χ1v) is 10.7. The number of amides is 1. The maximum atomic E-state index is 13.4. The van der Waals surface area contributed by atoms with Crippen LogP contribution in [0.1, 0.15) is 31.2 Å². The summed E-state index contributed by atoms with van der Waals surface area (Å²) in [5.41, 5.74) is 1.63. The third-order valence-corrected chi connectivity index (χ3v) is 6.08. The summed E-state index contributed by atoms with van der Waals surface area (Å²) in [5.74, 6) is 0.112. The summed E-state index contributed by atoms with van der Waals surface area (Å²) >= 11 is 1.37. The Morgan fingerprint density at radius 3 is 2.79 bits per heavy atom. The number of benzene rings is 1. The van der Waals surface area contributed by atoms with Gasteiger partial charge in [-0.15, -0.1) is 11.3 Å². The zero-order valence-electron chi connectivity index (χ0n) is 16.3. The SMILES string of the molecule is Cc1cc(NC(=O)CCn2c(N3CCCCC3)nc3ccsc3c2=O)ccc1F. The van der Waals surface area contributed by atoms with E-state index < -0.39 is 0 Å². The van der Waals surface area contributed by atoms with Crippen molar-refractivity contribution in [1.82, 2.24) is 9.55 Å². The van der Waals surface area contributed by atoms with Crippen molar-refractivity contribution >= 4 is 39.1 Å². The molecule has 1 aliphatic rings. The number of hydrogen-bond donors (Lipinski definition) is 1. The first-order valence-electron chi connectivity index (χ1n) is 9.82. The number of fused-ring (bicyclic) bond motifs is 1. The number of hydrogen-bond acceptors (Lipinski definition) is 5. The molecule has 3 heterocycles. The van der Waals surface area contributed by atoms with E-state index in [1.807, 2.05) is 11.4 Å². The number of nitrogens with one attached hydrogen (secondary N) is 1. The van der Waals surface area contributed by atoms with Crippen molar-refractivity contribution in [2.24, 2.45) is 0 Å². The molecule has 6 nitrogen and oxygen atoms in total. The van der Waals surface area contributed by atoms with Crippen LogP contribution in [0.2, 0.25) is 0 Å². The van der Waals surface area contributed by atoms with E-state index in [1.165, 1.54) is 29.9 Å². The Hall–Kier alpha value is -2.74. The van der Waals surface area contributed by atoms with E-state index in [9.17, 15) is 14.0 Å². The lowest BCUT2D eigenvalue weighted by atomic mass is 10.1. The molecule has 1 aromatic carbocycles. The highest BCUT2D eigenvalue weighted by Gasteiger charge is 2.20. The molecule has 1 amide bonds. The van der Waals surface area contributed by atoms with Gasteiger partial charge in [0.25, 0.3) is 5.56 Å². The molecular weight excluding hydrogens is 391 g/mol. The highest BCUT2D eigenvalue weighted by Crippen LogP contribution is 2.22. The fourth-order valence-corrected chi connectivity index (χ4v) is 4.41. The van der Waals surface area contributed by atoms with E-state index in [0.29, 0.717) is 27.4 Å². The number of rotatable bonds is 5. The smallest absolute Gasteiger partial charge is 0.272 e. The average molecular weight is 415 g/mol. The van der Waals surface area contributed by atoms with Gasteiger partial charge in [-0.05, 0) is 61.4 Å². The van der Waals surface area contributed by atoms with Crippen LogP contribution in [-0.4, -0.2) is 28.5 Å². The molecule has 29 heavy (non-hydrogen) atoms. The number of piperidine rings is 1. The molecule has 4 rings (SSSR count). The summed E-state index contributed by atoms with van der Waals surface area (Å²) in [4.78, 5) is 32.4. The van der Waals surface area contributed by atoms with Gasteiger partial charge in [0.15, 0.2) is 0 Å².